The molecule has 0 rings (SSSR count). The highest BCUT2D eigenvalue weighted by molar-refractivity contribution is 6.02. The topological polar surface area (TPSA) is 43.4 Å². The quantitative estimate of drug-likeness (QED) is 0.408. The summed E-state index contributed by atoms with van der Waals surface area (Å²) in [4.78, 5) is 23.3. The molecule has 0 aliphatic carbocycles. The third-order valence-corrected chi connectivity index (χ3v) is 2.18. The molecule has 0 saturated carbocycles. The Bertz CT molecular complexity index is 273. The number of carbonyl (C=O) groups excluding carboxylic acids is 2. The molecular formula is C12H20O3. The predicted molar refractivity (Wildman–Crippen MR) is 59.4 cm³/mol. The molecule has 0 saturated heterocycles. The van der Waals surface area contributed by atoms with Crippen LogP contribution in [-0.4, -0.2) is 17.4 Å². The molecule has 0 aliphatic rings. The fourth-order valence-electron chi connectivity index (χ4n) is 1.05. The van der Waals surface area contributed by atoms with Gasteiger partial charge in [0.1, 0.15) is 16.8 Å². The molecule has 86 valence electrons. The molecule has 0 bridgehead atoms. The van der Waals surface area contributed by atoms with Crippen LogP contribution in [0.3, 0.4) is 0 Å². The minimum atomic E-state index is -1.10. The van der Waals surface area contributed by atoms with Crippen molar-refractivity contribution < 1.29 is 14.3 Å². The number of hydrogen-bond donors (Lipinski definition) is 0. The highest BCUT2D eigenvalue weighted by Crippen LogP contribution is 2.27. The van der Waals surface area contributed by atoms with Crippen molar-refractivity contribution in [2.45, 2.75) is 46.6 Å². The number of allylic oxidation sites excluding steroid dienone is 1. The third-order valence-electron chi connectivity index (χ3n) is 2.18. The molecule has 0 amide bonds. The predicted octanol–water partition coefficient (Wildman–Crippen LogP) is 2.50. The van der Waals surface area contributed by atoms with Crippen LogP contribution >= 0.6 is 0 Å². The highest BCUT2D eigenvalue weighted by Gasteiger charge is 2.40. The lowest BCUT2D eigenvalue weighted by Gasteiger charge is -2.28. The SMILES string of the molecule is C=CC[C@@](C)(C(C)=O)C(=O)OC(C)(C)C. The van der Waals surface area contributed by atoms with Crippen molar-refractivity contribution in [3.8, 4) is 0 Å². The second-order valence-corrected chi connectivity index (χ2v) is 4.88. The van der Waals surface area contributed by atoms with Crippen molar-refractivity contribution in [3.63, 3.8) is 0 Å². The van der Waals surface area contributed by atoms with Crippen LogP contribution in [-0.2, 0) is 14.3 Å². The van der Waals surface area contributed by atoms with Crippen LogP contribution < -0.4 is 0 Å². The Morgan fingerprint density at radius 1 is 1.27 bits per heavy atom. The van der Waals surface area contributed by atoms with E-state index < -0.39 is 17.0 Å². The first-order valence-electron chi connectivity index (χ1n) is 4.99. The van der Waals surface area contributed by atoms with Gasteiger partial charge in [-0.15, -0.1) is 6.58 Å². The van der Waals surface area contributed by atoms with Gasteiger partial charge in [0.2, 0.25) is 0 Å². The average molecular weight is 212 g/mol. The van der Waals surface area contributed by atoms with Crippen molar-refractivity contribution >= 4 is 11.8 Å². The van der Waals surface area contributed by atoms with Gasteiger partial charge in [-0.1, -0.05) is 6.08 Å². The van der Waals surface area contributed by atoms with Crippen LogP contribution in [0.1, 0.15) is 41.0 Å². The molecule has 0 aromatic heterocycles. The monoisotopic (exact) mass is 212 g/mol. The van der Waals surface area contributed by atoms with E-state index in [4.69, 9.17) is 4.74 Å². The summed E-state index contributed by atoms with van der Waals surface area (Å²) in [5.74, 6) is -0.681. The highest BCUT2D eigenvalue weighted by atomic mass is 16.6. The molecule has 0 N–H and O–H groups in total. The van der Waals surface area contributed by atoms with Crippen molar-refractivity contribution in [2.75, 3.05) is 0 Å². The smallest absolute Gasteiger partial charge is 0.320 e. The van der Waals surface area contributed by atoms with Crippen LogP contribution in [0.5, 0.6) is 0 Å². The molecule has 0 aliphatic heterocycles. The maximum atomic E-state index is 11.8. The maximum Gasteiger partial charge on any atom is 0.320 e. The number of Topliss-reactive ketones (excluding diaryl/α,β-unsaturated/α-hetero) is 1. The van der Waals surface area contributed by atoms with Crippen LogP contribution in [0.25, 0.3) is 0 Å². The first-order valence-corrected chi connectivity index (χ1v) is 4.99. The number of ketones is 1. The van der Waals surface area contributed by atoms with E-state index in [0.29, 0.717) is 6.42 Å². The van der Waals surface area contributed by atoms with Crippen LogP contribution in [0.15, 0.2) is 12.7 Å². The molecule has 0 radical (unpaired) electrons. The average Bonchev–Trinajstić information content (AvgIpc) is 2.00. The fourth-order valence-corrected chi connectivity index (χ4v) is 1.05. The molecular weight excluding hydrogens is 192 g/mol. The summed E-state index contributed by atoms with van der Waals surface area (Å²) >= 11 is 0. The van der Waals surface area contributed by atoms with Crippen LogP contribution in [0.4, 0.5) is 0 Å². The largest absolute Gasteiger partial charge is 0.459 e. The van der Waals surface area contributed by atoms with Crippen molar-refractivity contribution in [1.82, 2.24) is 0 Å². The van der Waals surface area contributed by atoms with Crippen LogP contribution in [0, 0.1) is 5.41 Å². The minimum Gasteiger partial charge on any atom is -0.459 e. The summed E-state index contributed by atoms with van der Waals surface area (Å²) < 4.78 is 5.21. The maximum absolute atomic E-state index is 11.8. The number of rotatable bonds is 4. The Labute approximate surface area is 91.5 Å². The summed E-state index contributed by atoms with van der Waals surface area (Å²) in [5.41, 5.74) is -1.68. The van der Waals surface area contributed by atoms with Gasteiger partial charge in [0.25, 0.3) is 0 Å². The second-order valence-electron chi connectivity index (χ2n) is 4.88. The minimum absolute atomic E-state index is 0.198. The second kappa shape index (κ2) is 4.60. The molecule has 0 aromatic rings. The molecule has 0 heterocycles. The standard InChI is InChI=1S/C12H20O3/c1-7-8-12(6,9(2)13)10(14)15-11(3,4)5/h7H,1,8H2,2-6H3/t12-/m0/s1. The van der Waals surface area contributed by atoms with Crippen molar-refractivity contribution in [2.24, 2.45) is 5.41 Å². The summed E-state index contributed by atoms with van der Waals surface area (Å²) in [6.07, 6.45) is 1.86. The summed E-state index contributed by atoms with van der Waals surface area (Å²) in [6.45, 7) is 11.9. The van der Waals surface area contributed by atoms with E-state index in [9.17, 15) is 9.59 Å². The summed E-state index contributed by atoms with van der Waals surface area (Å²) in [6, 6.07) is 0. The van der Waals surface area contributed by atoms with Gasteiger partial charge in [0.15, 0.2) is 0 Å². The van der Waals surface area contributed by atoms with E-state index in [1.54, 1.807) is 33.8 Å². The van der Waals surface area contributed by atoms with Gasteiger partial charge < -0.3 is 4.74 Å². The number of carbonyl (C=O) groups is 2. The Morgan fingerprint density at radius 2 is 1.73 bits per heavy atom. The lowest BCUT2D eigenvalue weighted by molar-refractivity contribution is -0.168. The lowest BCUT2D eigenvalue weighted by Crippen LogP contribution is -2.40. The normalized spacial score (nSPS) is 15.3. The Kier molecular flexibility index (Phi) is 4.26. The molecule has 3 heteroatoms. The van der Waals surface area contributed by atoms with Crippen molar-refractivity contribution in [3.05, 3.63) is 12.7 Å². The molecule has 0 aromatic carbocycles. The number of esters is 1. The summed E-state index contributed by atoms with van der Waals surface area (Å²) in [7, 11) is 0. The van der Waals surface area contributed by atoms with E-state index in [-0.39, 0.29) is 5.78 Å². The van der Waals surface area contributed by atoms with Crippen molar-refractivity contribution in [1.29, 1.82) is 0 Å². The van der Waals surface area contributed by atoms with Crippen LogP contribution in [0.2, 0.25) is 0 Å². The van der Waals surface area contributed by atoms with E-state index in [1.807, 2.05) is 0 Å². The fraction of sp³-hybridized carbons (Fsp3) is 0.667. The third kappa shape index (κ3) is 3.86. The van der Waals surface area contributed by atoms with E-state index in [2.05, 4.69) is 6.58 Å². The summed E-state index contributed by atoms with van der Waals surface area (Å²) in [5, 5.41) is 0. The molecule has 0 fully saturated rings. The van der Waals surface area contributed by atoms with Gasteiger partial charge >= 0.3 is 5.97 Å². The Hall–Kier alpha value is -1.12. The van der Waals surface area contributed by atoms with Gasteiger partial charge in [0.05, 0.1) is 0 Å². The van der Waals surface area contributed by atoms with E-state index >= 15 is 0 Å². The Morgan fingerprint density at radius 3 is 2.00 bits per heavy atom. The first kappa shape index (κ1) is 13.9. The van der Waals surface area contributed by atoms with Gasteiger partial charge in [-0.05, 0) is 41.0 Å². The first-order chi connectivity index (χ1) is 6.63. The number of ether oxygens (including phenoxy) is 1. The zero-order chi connectivity index (χ0) is 12.3. The zero-order valence-corrected chi connectivity index (χ0v) is 10.2. The van der Waals surface area contributed by atoms with Gasteiger partial charge in [-0.3, -0.25) is 9.59 Å². The number of hydrogen-bond acceptors (Lipinski definition) is 3. The van der Waals surface area contributed by atoms with E-state index in [1.165, 1.54) is 6.92 Å². The Balaban J connectivity index is 4.87. The van der Waals surface area contributed by atoms with Gasteiger partial charge in [-0.25, -0.2) is 0 Å². The molecule has 0 spiro atoms. The van der Waals surface area contributed by atoms with Gasteiger partial charge in [-0.2, -0.15) is 0 Å². The molecule has 3 nitrogen and oxygen atoms in total. The van der Waals surface area contributed by atoms with E-state index in [0.717, 1.165) is 0 Å². The molecule has 15 heavy (non-hydrogen) atoms. The van der Waals surface area contributed by atoms with Gasteiger partial charge in [0, 0.05) is 0 Å². The zero-order valence-electron chi connectivity index (χ0n) is 10.2. The lowest BCUT2D eigenvalue weighted by atomic mass is 9.83. The molecule has 1 atom stereocenters. The molecule has 0 unspecified atom stereocenters.